The van der Waals surface area contributed by atoms with Gasteiger partial charge >= 0.3 is 0 Å². The predicted octanol–water partition coefficient (Wildman–Crippen LogP) is 3.47. The molecular weight excluding hydrogens is 369 g/mol. The fourth-order valence-electron chi connectivity index (χ4n) is 4.23. The molecule has 1 amide bonds. The second kappa shape index (κ2) is 11.1. The van der Waals surface area contributed by atoms with Crippen molar-refractivity contribution in [2.75, 3.05) is 20.1 Å². The number of piperidine rings is 1. The van der Waals surface area contributed by atoms with Crippen LogP contribution in [0.2, 0.25) is 0 Å². The summed E-state index contributed by atoms with van der Waals surface area (Å²) in [7, 11) is 2.00. The summed E-state index contributed by atoms with van der Waals surface area (Å²) >= 11 is 0. The van der Waals surface area contributed by atoms with Gasteiger partial charge in [0.15, 0.2) is 0 Å². The normalized spacial score (nSPS) is 24.2. The maximum absolute atomic E-state index is 12.8. The van der Waals surface area contributed by atoms with Crippen molar-refractivity contribution in [1.82, 2.24) is 9.80 Å². The Labute approximate surface area is 170 Å². The van der Waals surface area contributed by atoms with Crippen molar-refractivity contribution in [3.05, 3.63) is 35.9 Å². The summed E-state index contributed by atoms with van der Waals surface area (Å²) in [6.45, 7) is 3.16. The summed E-state index contributed by atoms with van der Waals surface area (Å²) in [5.74, 6) is 0.479. The van der Waals surface area contributed by atoms with Gasteiger partial charge in [0.05, 0.1) is 0 Å². The number of hydrogen-bond donors (Lipinski definition) is 1. The van der Waals surface area contributed by atoms with Gasteiger partial charge in [-0.2, -0.15) is 0 Å². The summed E-state index contributed by atoms with van der Waals surface area (Å²) in [6, 6.07) is 11.2. The van der Waals surface area contributed by atoms with Crippen LogP contribution < -0.4 is 5.73 Å². The van der Waals surface area contributed by atoms with Gasteiger partial charge in [-0.05, 0) is 37.7 Å². The van der Waals surface area contributed by atoms with E-state index in [2.05, 4.69) is 35.2 Å². The van der Waals surface area contributed by atoms with E-state index in [0.29, 0.717) is 11.9 Å². The molecule has 6 heteroatoms. The molecule has 1 aromatic carbocycles. The standard InChI is InChI=1S/C20H31N3O.2ClH/c1-22(20(24)17-8-5-9-18(21)14-17)19-10-12-23(13-11-19)15-16-6-3-2-4-7-16;;/h2-4,6-7,17-19H,5,8-15,21H2,1H3;2*1H. The highest BCUT2D eigenvalue weighted by Crippen LogP contribution is 2.27. The highest BCUT2D eigenvalue weighted by molar-refractivity contribution is 5.85. The zero-order valence-electron chi connectivity index (χ0n) is 15.7. The molecule has 1 saturated carbocycles. The number of carbonyl (C=O) groups is 1. The van der Waals surface area contributed by atoms with Crippen LogP contribution in [0.25, 0.3) is 0 Å². The molecule has 26 heavy (non-hydrogen) atoms. The van der Waals surface area contributed by atoms with Crippen LogP contribution in [0.3, 0.4) is 0 Å². The summed E-state index contributed by atoms with van der Waals surface area (Å²) < 4.78 is 0. The van der Waals surface area contributed by atoms with Gasteiger partial charge in [0.2, 0.25) is 5.91 Å². The number of carbonyl (C=O) groups excluding carboxylic acids is 1. The molecule has 0 radical (unpaired) electrons. The second-order valence-electron chi connectivity index (χ2n) is 7.57. The van der Waals surface area contributed by atoms with E-state index in [9.17, 15) is 4.79 Å². The number of benzene rings is 1. The van der Waals surface area contributed by atoms with E-state index in [-0.39, 0.29) is 36.8 Å². The number of likely N-dealkylation sites (tertiary alicyclic amines) is 1. The molecule has 1 heterocycles. The zero-order valence-corrected chi connectivity index (χ0v) is 17.3. The third-order valence-electron chi connectivity index (χ3n) is 5.77. The highest BCUT2D eigenvalue weighted by Gasteiger charge is 2.31. The van der Waals surface area contributed by atoms with Gasteiger partial charge in [0, 0.05) is 44.7 Å². The molecule has 2 aliphatic rings. The monoisotopic (exact) mass is 401 g/mol. The lowest BCUT2D eigenvalue weighted by molar-refractivity contribution is -0.138. The lowest BCUT2D eigenvalue weighted by Gasteiger charge is -2.39. The van der Waals surface area contributed by atoms with Gasteiger partial charge in [0.1, 0.15) is 0 Å². The summed E-state index contributed by atoms with van der Waals surface area (Å²) in [6.07, 6.45) is 6.22. The minimum Gasteiger partial charge on any atom is -0.342 e. The first-order valence-corrected chi connectivity index (χ1v) is 9.42. The van der Waals surface area contributed by atoms with Crippen LogP contribution in [0.15, 0.2) is 30.3 Å². The van der Waals surface area contributed by atoms with Gasteiger partial charge in [0.25, 0.3) is 0 Å². The first-order valence-electron chi connectivity index (χ1n) is 9.42. The molecule has 0 spiro atoms. The van der Waals surface area contributed by atoms with Crippen LogP contribution in [-0.2, 0) is 11.3 Å². The smallest absolute Gasteiger partial charge is 0.225 e. The SMILES string of the molecule is CN(C(=O)C1CCCC(N)C1)C1CCN(Cc2ccccc2)CC1.Cl.Cl. The Bertz CT molecular complexity index is 535. The third-order valence-corrected chi connectivity index (χ3v) is 5.77. The Balaban J connectivity index is 0.00000169. The van der Waals surface area contributed by atoms with Gasteiger partial charge in [-0.15, -0.1) is 24.8 Å². The molecule has 2 N–H and O–H groups in total. The predicted molar refractivity (Wildman–Crippen MR) is 112 cm³/mol. The molecule has 1 aromatic rings. The van der Waals surface area contributed by atoms with E-state index in [0.717, 1.165) is 58.2 Å². The number of rotatable bonds is 4. The molecule has 0 aromatic heterocycles. The molecule has 4 nitrogen and oxygen atoms in total. The Morgan fingerprint density at radius 1 is 1.12 bits per heavy atom. The van der Waals surface area contributed by atoms with Crippen molar-refractivity contribution in [3.63, 3.8) is 0 Å². The van der Waals surface area contributed by atoms with Crippen LogP contribution in [0.4, 0.5) is 0 Å². The lowest BCUT2D eigenvalue weighted by atomic mass is 9.85. The van der Waals surface area contributed by atoms with Crippen molar-refractivity contribution in [1.29, 1.82) is 0 Å². The molecule has 1 saturated heterocycles. The van der Waals surface area contributed by atoms with Crippen LogP contribution in [0.5, 0.6) is 0 Å². The van der Waals surface area contributed by atoms with E-state index in [1.807, 2.05) is 11.9 Å². The summed E-state index contributed by atoms with van der Waals surface area (Å²) in [5.41, 5.74) is 7.43. The van der Waals surface area contributed by atoms with Gasteiger partial charge in [-0.25, -0.2) is 0 Å². The molecule has 2 atom stereocenters. The number of nitrogens with zero attached hydrogens (tertiary/aromatic N) is 2. The molecule has 148 valence electrons. The largest absolute Gasteiger partial charge is 0.342 e. The maximum Gasteiger partial charge on any atom is 0.225 e. The zero-order chi connectivity index (χ0) is 16.9. The van der Waals surface area contributed by atoms with Crippen molar-refractivity contribution in [2.24, 2.45) is 11.7 Å². The Kier molecular flexibility index (Phi) is 9.94. The van der Waals surface area contributed by atoms with E-state index in [1.54, 1.807) is 0 Å². The Morgan fingerprint density at radius 2 is 1.77 bits per heavy atom. The van der Waals surface area contributed by atoms with E-state index < -0.39 is 0 Å². The van der Waals surface area contributed by atoms with Crippen molar-refractivity contribution in [3.8, 4) is 0 Å². The molecular formula is C20H33Cl2N3O. The van der Waals surface area contributed by atoms with Gasteiger partial charge in [-0.1, -0.05) is 36.8 Å². The number of hydrogen-bond acceptors (Lipinski definition) is 3. The van der Waals surface area contributed by atoms with Crippen molar-refractivity contribution < 1.29 is 4.79 Å². The molecule has 3 rings (SSSR count). The maximum atomic E-state index is 12.8. The Morgan fingerprint density at radius 3 is 2.38 bits per heavy atom. The van der Waals surface area contributed by atoms with Gasteiger partial charge in [-0.3, -0.25) is 9.69 Å². The summed E-state index contributed by atoms with van der Waals surface area (Å²) in [4.78, 5) is 17.3. The molecule has 1 aliphatic heterocycles. The quantitative estimate of drug-likeness (QED) is 0.839. The molecule has 0 bridgehead atoms. The minimum atomic E-state index is 0. The van der Waals surface area contributed by atoms with Gasteiger partial charge < -0.3 is 10.6 Å². The fourth-order valence-corrected chi connectivity index (χ4v) is 4.23. The van der Waals surface area contributed by atoms with Crippen molar-refractivity contribution in [2.45, 2.75) is 57.2 Å². The third kappa shape index (κ3) is 6.12. The van der Waals surface area contributed by atoms with E-state index >= 15 is 0 Å². The average molecular weight is 402 g/mol. The first kappa shape index (κ1) is 23.2. The molecule has 2 fully saturated rings. The van der Waals surface area contributed by atoms with E-state index in [4.69, 9.17) is 5.73 Å². The Hall–Kier alpha value is -0.810. The second-order valence-corrected chi connectivity index (χ2v) is 7.57. The fraction of sp³-hybridized carbons (Fsp3) is 0.650. The van der Waals surface area contributed by atoms with Crippen LogP contribution >= 0.6 is 24.8 Å². The topological polar surface area (TPSA) is 49.6 Å². The number of nitrogens with two attached hydrogens (primary N) is 1. The van der Waals surface area contributed by atoms with Crippen LogP contribution in [0.1, 0.15) is 44.1 Å². The lowest BCUT2D eigenvalue weighted by Crippen LogP contribution is -2.48. The highest BCUT2D eigenvalue weighted by atomic mass is 35.5. The molecule has 2 unspecified atom stereocenters. The van der Waals surface area contributed by atoms with Crippen molar-refractivity contribution >= 4 is 30.7 Å². The first-order chi connectivity index (χ1) is 11.6. The van der Waals surface area contributed by atoms with Crippen LogP contribution in [0, 0.1) is 5.92 Å². The van der Waals surface area contributed by atoms with Crippen LogP contribution in [-0.4, -0.2) is 47.9 Å². The van der Waals surface area contributed by atoms with E-state index in [1.165, 1.54) is 5.56 Å². The molecule has 1 aliphatic carbocycles. The minimum absolute atomic E-state index is 0. The summed E-state index contributed by atoms with van der Waals surface area (Å²) in [5, 5.41) is 0. The number of halogens is 2. The average Bonchev–Trinajstić information content (AvgIpc) is 2.62. The number of amides is 1.